The zero-order chi connectivity index (χ0) is 13.3. The van der Waals surface area contributed by atoms with E-state index in [-0.39, 0.29) is 24.0 Å². The van der Waals surface area contributed by atoms with Gasteiger partial charge < -0.3 is 10.2 Å². The summed E-state index contributed by atoms with van der Waals surface area (Å²) in [5, 5.41) is 18.5. The Morgan fingerprint density at radius 2 is 2.06 bits per heavy atom. The highest BCUT2D eigenvalue weighted by Gasteiger charge is 2.33. The van der Waals surface area contributed by atoms with E-state index in [1.807, 2.05) is 0 Å². The number of ketones is 1. The van der Waals surface area contributed by atoms with Gasteiger partial charge in [0.1, 0.15) is 0 Å². The van der Waals surface area contributed by atoms with Crippen LogP contribution in [0.1, 0.15) is 24.3 Å². The number of rotatable bonds is 1. The number of carbonyl (C=O) groups excluding carboxylic acids is 1. The third-order valence-electron chi connectivity index (χ3n) is 3.18. The highest BCUT2D eigenvalue weighted by atomic mass is 19.2. The highest BCUT2D eigenvalue weighted by Crippen LogP contribution is 2.35. The van der Waals surface area contributed by atoms with Gasteiger partial charge in [0.25, 0.3) is 0 Å². The fourth-order valence-corrected chi connectivity index (χ4v) is 2.24. The Morgan fingerprint density at radius 3 is 2.67 bits per heavy atom. The van der Waals surface area contributed by atoms with E-state index in [1.54, 1.807) is 0 Å². The quantitative estimate of drug-likeness (QED) is 0.596. The van der Waals surface area contributed by atoms with Gasteiger partial charge in [-0.05, 0) is 24.0 Å². The Kier molecular flexibility index (Phi) is 3.43. The summed E-state index contributed by atoms with van der Waals surface area (Å²) in [6, 6.07) is 3.76. The second-order valence-corrected chi connectivity index (χ2v) is 4.30. The second-order valence-electron chi connectivity index (χ2n) is 4.30. The molecule has 2 rings (SSSR count). The van der Waals surface area contributed by atoms with E-state index in [4.69, 9.17) is 5.11 Å². The van der Waals surface area contributed by atoms with Crippen molar-refractivity contribution in [1.82, 2.24) is 0 Å². The molecule has 0 heterocycles. The summed E-state index contributed by atoms with van der Waals surface area (Å²) in [4.78, 5) is 11.6. The topological polar surface area (TPSA) is 57.5 Å². The summed E-state index contributed by atoms with van der Waals surface area (Å²) in [5.41, 5.74) is 0.00227. The number of carbonyl (C=O) groups is 1. The van der Waals surface area contributed by atoms with Gasteiger partial charge in [0.05, 0.1) is 17.9 Å². The fraction of sp³-hybridized carbons (Fsp3) is 0.308. The third-order valence-corrected chi connectivity index (χ3v) is 3.18. The predicted molar refractivity (Wildman–Crippen MR) is 60.1 cm³/mol. The van der Waals surface area contributed by atoms with Crippen LogP contribution in [0, 0.1) is 11.6 Å². The largest absolute Gasteiger partial charge is 0.515 e. The van der Waals surface area contributed by atoms with Crippen molar-refractivity contribution in [1.29, 1.82) is 0 Å². The van der Waals surface area contributed by atoms with Crippen LogP contribution in [0.4, 0.5) is 8.78 Å². The zero-order valence-electron chi connectivity index (χ0n) is 9.44. The fourth-order valence-electron chi connectivity index (χ4n) is 2.24. The van der Waals surface area contributed by atoms with Crippen molar-refractivity contribution in [3.8, 4) is 0 Å². The van der Waals surface area contributed by atoms with Crippen LogP contribution < -0.4 is 0 Å². The Labute approximate surface area is 102 Å². The molecule has 0 amide bonds. The zero-order valence-corrected chi connectivity index (χ0v) is 9.44. The molecule has 2 unspecified atom stereocenters. The molecule has 0 aliphatic heterocycles. The van der Waals surface area contributed by atoms with Crippen LogP contribution in [-0.4, -0.2) is 22.1 Å². The first-order valence-electron chi connectivity index (χ1n) is 5.54. The summed E-state index contributed by atoms with van der Waals surface area (Å²) in [6.07, 6.45) is -0.545. The molecule has 0 bridgehead atoms. The van der Waals surface area contributed by atoms with Gasteiger partial charge in [0.2, 0.25) is 0 Å². The first kappa shape index (κ1) is 12.7. The molecular formula is C13H12F2O3. The van der Waals surface area contributed by atoms with Gasteiger partial charge in [-0.1, -0.05) is 12.1 Å². The summed E-state index contributed by atoms with van der Waals surface area (Å²) in [5.74, 6) is -2.99. The standard InChI is InChI=1S/C13H12F2O3/c14-10-3-1-2-8(13(10)15)7-4-11(17)9(6-16)12(18)5-7/h1-3,6-7,11,16-17H,4-5H2/b9-6+. The third kappa shape index (κ3) is 2.13. The van der Waals surface area contributed by atoms with Gasteiger partial charge in [0.15, 0.2) is 17.4 Å². The van der Waals surface area contributed by atoms with Gasteiger partial charge in [-0.25, -0.2) is 8.78 Å². The lowest BCUT2D eigenvalue weighted by Gasteiger charge is -2.27. The van der Waals surface area contributed by atoms with Crippen molar-refractivity contribution in [2.45, 2.75) is 24.9 Å². The molecule has 5 heteroatoms. The maximum atomic E-state index is 13.6. The number of benzene rings is 1. The van der Waals surface area contributed by atoms with Crippen LogP contribution in [0.3, 0.4) is 0 Å². The molecule has 0 aromatic heterocycles. The Morgan fingerprint density at radius 1 is 1.33 bits per heavy atom. The molecule has 0 saturated heterocycles. The SMILES string of the molecule is O=C1CC(c2cccc(F)c2F)CC(O)/C1=C\O. The molecule has 0 spiro atoms. The molecular weight excluding hydrogens is 242 g/mol. The van der Waals surface area contributed by atoms with Gasteiger partial charge in [0, 0.05) is 6.42 Å². The lowest BCUT2D eigenvalue weighted by Crippen LogP contribution is -2.29. The van der Waals surface area contributed by atoms with Crippen molar-refractivity contribution in [2.75, 3.05) is 0 Å². The number of aliphatic hydroxyl groups is 2. The van der Waals surface area contributed by atoms with Crippen molar-refractivity contribution in [3.05, 3.63) is 47.2 Å². The summed E-state index contributed by atoms with van der Waals surface area (Å²) < 4.78 is 26.7. The Hall–Kier alpha value is -1.75. The van der Waals surface area contributed by atoms with E-state index in [0.29, 0.717) is 6.26 Å². The van der Waals surface area contributed by atoms with Crippen LogP contribution in [0.15, 0.2) is 30.0 Å². The van der Waals surface area contributed by atoms with E-state index >= 15 is 0 Å². The van der Waals surface area contributed by atoms with Gasteiger partial charge in [-0.3, -0.25) is 4.79 Å². The molecule has 1 aromatic rings. The maximum Gasteiger partial charge on any atom is 0.165 e. The number of halogens is 2. The number of Topliss-reactive ketones (excluding diaryl/α,β-unsaturated/α-hetero) is 1. The first-order valence-corrected chi connectivity index (χ1v) is 5.54. The highest BCUT2D eigenvalue weighted by molar-refractivity contribution is 5.97. The lowest BCUT2D eigenvalue weighted by molar-refractivity contribution is -0.118. The molecule has 1 aliphatic rings. The molecule has 2 atom stereocenters. The van der Waals surface area contributed by atoms with Crippen LogP contribution >= 0.6 is 0 Å². The van der Waals surface area contributed by atoms with Crippen molar-refractivity contribution < 1.29 is 23.8 Å². The summed E-state index contributed by atoms with van der Waals surface area (Å²) >= 11 is 0. The van der Waals surface area contributed by atoms with Crippen molar-refractivity contribution in [2.24, 2.45) is 0 Å². The maximum absolute atomic E-state index is 13.6. The molecule has 1 fully saturated rings. The van der Waals surface area contributed by atoms with E-state index in [2.05, 4.69) is 0 Å². The average molecular weight is 254 g/mol. The minimum Gasteiger partial charge on any atom is -0.515 e. The summed E-state index contributed by atoms with van der Waals surface area (Å²) in [7, 11) is 0. The molecule has 96 valence electrons. The van der Waals surface area contributed by atoms with Crippen LogP contribution in [0.2, 0.25) is 0 Å². The molecule has 1 aliphatic carbocycles. The second kappa shape index (κ2) is 4.86. The van der Waals surface area contributed by atoms with E-state index < -0.39 is 29.4 Å². The van der Waals surface area contributed by atoms with Crippen LogP contribution in [-0.2, 0) is 4.79 Å². The average Bonchev–Trinajstić information content (AvgIpc) is 2.32. The van der Waals surface area contributed by atoms with Crippen molar-refractivity contribution in [3.63, 3.8) is 0 Å². The number of aliphatic hydroxyl groups excluding tert-OH is 2. The smallest absolute Gasteiger partial charge is 0.165 e. The van der Waals surface area contributed by atoms with Crippen LogP contribution in [0.5, 0.6) is 0 Å². The molecule has 2 N–H and O–H groups in total. The molecule has 0 radical (unpaired) electrons. The lowest BCUT2D eigenvalue weighted by atomic mass is 9.79. The number of hydrogen-bond donors (Lipinski definition) is 2. The van der Waals surface area contributed by atoms with Crippen LogP contribution in [0.25, 0.3) is 0 Å². The molecule has 3 nitrogen and oxygen atoms in total. The normalized spacial score (nSPS) is 26.6. The van der Waals surface area contributed by atoms with Gasteiger partial charge >= 0.3 is 0 Å². The molecule has 18 heavy (non-hydrogen) atoms. The predicted octanol–water partition coefficient (Wildman–Crippen LogP) is 2.21. The molecule has 1 saturated carbocycles. The number of hydrogen-bond acceptors (Lipinski definition) is 3. The monoisotopic (exact) mass is 254 g/mol. The van der Waals surface area contributed by atoms with Gasteiger partial charge in [-0.2, -0.15) is 0 Å². The van der Waals surface area contributed by atoms with E-state index in [0.717, 1.165) is 6.07 Å². The minimum absolute atomic E-state index is 0.0518. The summed E-state index contributed by atoms with van der Waals surface area (Å²) in [6.45, 7) is 0. The van der Waals surface area contributed by atoms with E-state index in [9.17, 15) is 18.7 Å². The van der Waals surface area contributed by atoms with E-state index in [1.165, 1.54) is 12.1 Å². The minimum atomic E-state index is -1.15. The van der Waals surface area contributed by atoms with Crippen molar-refractivity contribution >= 4 is 5.78 Å². The molecule has 1 aromatic carbocycles. The Bertz CT molecular complexity index is 511. The first-order chi connectivity index (χ1) is 8.54. The van der Waals surface area contributed by atoms with Gasteiger partial charge in [-0.15, -0.1) is 0 Å². The Balaban J connectivity index is 2.31.